The van der Waals surface area contributed by atoms with E-state index in [1.807, 2.05) is 0 Å². The van der Waals surface area contributed by atoms with E-state index in [4.69, 9.17) is 20.2 Å². The molecule has 6 heteroatoms. The molecule has 0 bridgehead atoms. The molecule has 19 heavy (non-hydrogen) atoms. The summed E-state index contributed by atoms with van der Waals surface area (Å²) in [6, 6.07) is 4.83. The minimum Gasteiger partial charge on any atom is -0.493 e. The van der Waals surface area contributed by atoms with Crippen molar-refractivity contribution in [2.45, 2.75) is 24.7 Å². The van der Waals surface area contributed by atoms with Crippen molar-refractivity contribution in [2.75, 3.05) is 19.8 Å². The molecule has 1 aromatic rings. The number of benzene rings is 1. The molecule has 0 aliphatic carbocycles. The van der Waals surface area contributed by atoms with E-state index < -0.39 is 9.05 Å². The summed E-state index contributed by atoms with van der Waals surface area (Å²) in [4.78, 5) is 0.132. The lowest BCUT2D eigenvalue weighted by Crippen LogP contribution is -2.21. The number of ether oxygens (including phenoxy) is 2. The van der Waals surface area contributed by atoms with Gasteiger partial charge in [0.2, 0.25) is 0 Å². The van der Waals surface area contributed by atoms with Crippen LogP contribution in [0.4, 0.5) is 0 Å². The van der Waals surface area contributed by atoms with Crippen LogP contribution in [-0.2, 0) is 13.8 Å². The zero-order chi connectivity index (χ0) is 13.9. The van der Waals surface area contributed by atoms with Gasteiger partial charge in [-0.05, 0) is 49.4 Å². The molecule has 0 N–H and O–H groups in total. The molecule has 2 rings (SSSR count). The molecular weight excluding hydrogens is 288 g/mol. The van der Waals surface area contributed by atoms with Gasteiger partial charge in [-0.2, -0.15) is 0 Å². The second-order valence-corrected chi connectivity index (χ2v) is 7.27. The largest absolute Gasteiger partial charge is 0.493 e. The van der Waals surface area contributed by atoms with Gasteiger partial charge in [0.05, 0.1) is 11.5 Å². The van der Waals surface area contributed by atoms with Crippen LogP contribution in [0.5, 0.6) is 5.75 Å². The van der Waals surface area contributed by atoms with Crippen molar-refractivity contribution in [1.82, 2.24) is 0 Å². The maximum Gasteiger partial charge on any atom is 0.261 e. The van der Waals surface area contributed by atoms with Gasteiger partial charge in [-0.25, -0.2) is 8.42 Å². The molecule has 1 fully saturated rings. The van der Waals surface area contributed by atoms with Gasteiger partial charge in [0.15, 0.2) is 0 Å². The van der Waals surface area contributed by atoms with Gasteiger partial charge in [-0.3, -0.25) is 0 Å². The van der Waals surface area contributed by atoms with Gasteiger partial charge in [-0.15, -0.1) is 0 Å². The molecule has 0 saturated carbocycles. The van der Waals surface area contributed by atoms with E-state index in [1.165, 1.54) is 6.07 Å². The highest BCUT2D eigenvalue weighted by Crippen LogP contribution is 2.25. The summed E-state index contributed by atoms with van der Waals surface area (Å²) in [6.45, 7) is 3.92. The Labute approximate surface area is 118 Å². The average molecular weight is 305 g/mol. The molecule has 0 atom stereocenters. The maximum atomic E-state index is 11.3. The minimum atomic E-state index is -3.69. The van der Waals surface area contributed by atoms with E-state index in [0.29, 0.717) is 23.8 Å². The Balaban J connectivity index is 2.00. The van der Waals surface area contributed by atoms with E-state index in [0.717, 1.165) is 26.1 Å². The van der Waals surface area contributed by atoms with Crippen LogP contribution in [-0.4, -0.2) is 28.2 Å². The maximum absolute atomic E-state index is 11.3. The predicted molar refractivity (Wildman–Crippen MR) is 73.3 cm³/mol. The molecule has 0 aromatic heterocycles. The van der Waals surface area contributed by atoms with Crippen LogP contribution in [0.3, 0.4) is 0 Å². The molecule has 1 aromatic carbocycles. The zero-order valence-corrected chi connectivity index (χ0v) is 12.3. The summed E-state index contributed by atoms with van der Waals surface area (Å²) >= 11 is 0. The molecule has 106 valence electrons. The van der Waals surface area contributed by atoms with Crippen molar-refractivity contribution in [3.8, 4) is 5.75 Å². The lowest BCUT2D eigenvalue weighted by molar-refractivity contribution is 0.0497. The Bertz CT molecular complexity index is 536. The van der Waals surface area contributed by atoms with Gasteiger partial charge >= 0.3 is 0 Å². The Kier molecular flexibility index (Phi) is 4.71. The monoisotopic (exact) mass is 304 g/mol. The average Bonchev–Trinajstić information content (AvgIpc) is 2.36. The highest BCUT2D eigenvalue weighted by atomic mass is 35.7. The molecule has 0 unspecified atom stereocenters. The topological polar surface area (TPSA) is 52.6 Å². The first-order valence-electron chi connectivity index (χ1n) is 6.22. The molecule has 0 spiro atoms. The van der Waals surface area contributed by atoms with Gasteiger partial charge in [0.1, 0.15) is 5.75 Å². The van der Waals surface area contributed by atoms with Gasteiger partial charge < -0.3 is 9.47 Å². The normalized spacial score (nSPS) is 17.4. The Morgan fingerprint density at radius 3 is 2.63 bits per heavy atom. The van der Waals surface area contributed by atoms with E-state index in [2.05, 4.69) is 0 Å². The Hall–Kier alpha value is -0.780. The van der Waals surface area contributed by atoms with Crippen LogP contribution < -0.4 is 4.74 Å². The summed E-state index contributed by atoms with van der Waals surface area (Å²) in [6.07, 6.45) is 2.01. The summed E-state index contributed by atoms with van der Waals surface area (Å²) in [7, 11) is 1.65. The van der Waals surface area contributed by atoms with Crippen LogP contribution >= 0.6 is 10.7 Å². The van der Waals surface area contributed by atoms with Crippen LogP contribution in [0, 0.1) is 12.8 Å². The second kappa shape index (κ2) is 6.11. The SMILES string of the molecule is Cc1cc(OCC2CCOCC2)ccc1S(=O)(=O)Cl. The fourth-order valence-electron chi connectivity index (χ4n) is 2.11. The number of hydrogen-bond donors (Lipinski definition) is 0. The summed E-state index contributed by atoms with van der Waals surface area (Å²) < 4.78 is 33.5. The first kappa shape index (κ1) is 14.6. The number of hydrogen-bond acceptors (Lipinski definition) is 4. The predicted octanol–water partition coefficient (Wildman–Crippen LogP) is 2.73. The van der Waals surface area contributed by atoms with Crippen LogP contribution in [0.15, 0.2) is 23.1 Å². The number of aryl methyl sites for hydroxylation is 1. The molecule has 1 heterocycles. The molecule has 0 radical (unpaired) electrons. The summed E-state index contributed by atoms with van der Waals surface area (Å²) in [5, 5.41) is 0. The third kappa shape index (κ3) is 4.09. The smallest absolute Gasteiger partial charge is 0.261 e. The van der Waals surface area contributed by atoms with Crippen LogP contribution in [0.1, 0.15) is 18.4 Å². The lowest BCUT2D eigenvalue weighted by Gasteiger charge is -2.22. The third-order valence-corrected chi connectivity index (χ3v) is 4.72. The summed E-state index contributed by atoms with van der Waals surface area (Å²) in [5.41, 5.74) is 0.597. The first-order valence-corrected chi connectivity index (χ1v) is 8.53. The molecule has 1 aliphatic rings. The van der Waals surface area contributed by atoms with Gasteiger partial charge in [-0.1, -0.05) is 0 Å². The van der Waals surface area contributed by atoms with Crippen LogP contribution in [0.25, 0.3) is 0 Å². The van der Waals surface area contributed by atoms with Crippen molar-refractivity contribution in [1.29, 1.82) is 0 Å². The number of rotatable bonds is 4. The lowest BCUT2D eigenvalue weighted by atomic mass is 10.0. The van der Waals surface area contributed by atoms with Crippen molar-refractivity contribution < 1.29 is 17.9 Å². The standard InChI is InChI=1S/C13H17ClO4S/c1-10-8-12(2-3-13(10)19(14,15)16)18-9-11-4-6-17-7-5-11/h2-3,8,11H,4-7,9H2,1H3. The Morgan fingerprint density at radius 1 is 1.37 bits per heavy atom. The van der Waals surface area contributed by atoms with E-state index in [9.17, 15) is 8.42 Å². The van der Waals surface area contributed by atoms with E-state index in [-0.39, 0.29) is 4.90 Å². The zero-order valence-electron chi connectivity index (χ0n) is 10.8. The van der Waals surface area contributed by atoms with Crippen molar-refractivity contribution in [3.63, 3.8) is 0 Å². The van der Waals surface area contributed by atoms with E-state index in [1.54, 1.807) is 19.1 Å². The highest BCUT2D eigenvalue weighted by molar-refractivity contribution is 8.13. The molecule has 1 saturated heterocycles. The third-order valence-electron chi connectivity index (χ3n) is 3.24. The summed E-state index contributed by atoms with van der Waals surface area (Å²) in [5.74, 6) is 1.18. The second-order valence-electron chi connectivity index (χ2n) is 4.73. The van der Waals surface area contributed by atoms with E-state index >= 15 is 0 Å². The molecule has 0 amide bonds. The van der Waals surface area contributed by atoms with Gasteiger partial charge in [0, 0.05) is 23.9 Å². The first-order chi connectivity index (χ1) is 8.97. The fraction of sp³-hybridized carbons (Fsp3) is 0.538. The van der Waals surface area contributed by atoms with Crippen molar-refractivity contribution in [2.24, 2.45) is 5.92 Å². The minimum absolute atomic E-state index is 0.132. The fourth-order valence-corrected chi connectivity index (χ4v) is 3.31. The number of halogens is 1. The quantitative estimate of drug-likeness (QED) is 0.803. The molecule has 4 nitrogen and oxygen atoms in total. The molecule has 1 aliphatic heterocycles. The Morgan fingerprint density at radius 2 is 2.05 bits per heavy atom. The molecular formula is C13H17ClO4S. The van der Waals surface area contributed by atoms with Crippen molar-refractivity contribution >= 4 is 19.7 Å². The highest BCUT2D eigenvalue weighted by Gasteiger charge is 2.16. The van der Waals surface area contributed by atoms with Crippen LogP contribution in [0.2, 0.25) is 0 Å². The van der Waals surface area contributed by atoms with Gasteiger partial charge in [0.25, 0.3) is 9.05 Å². The van der Waals surface area contributed by atoms with Crippen molar-refractivity contribution in [3.05, 3.63) is 23.8 Å².